The van der Waals surface area contributed by atoms with Crippen LogP contribution in [0.15, 0.2) is 41.4 Å². The van der Waals surface area contributed by atoms with E-state index in [9.17, 15) is 40.5 Å². The van der Waals surface area contributed by atoms with E-state index in [1.807, 2.05) is 0 Å². The number of halogens is 6. The minimum Gasteiger partial charge on any atom is -0.369 e. The van der Waals surface area contributed by atoms with Crippen molar-refractivity contribution in [2.45, 2.75) is 49.0 Å². The number of alkyl halides is 6. The van der Waals surface area contributed by atoms with Crippen LogP contribution in [0.2, 0.25) is 0 Å². The molecular weight excluding hydrogens is 486 g/mol. The number of carbonyl (C=O) groups excluding carboxylic acids is 1. The number of amides is 1. The number of rotatable bonds is 7. The highest BCUT2D eigenvalue weighted by Gasteiger charge is 2.71. The molecule has 1 aliphatic carbocycles. The van der Waals surface area contributed by atoms with Crippen LogP contribution in [-0.4, -0.2) is 44.2 Å². The second-order valence-electron chi connectivity index (χ2n) is 8.37. The van der Waals surface area contributed by atoms with Gasteiger partial charge in [-0.2, -0.15) is 26.3 Å². The lowest BCUT2D eigenvalue weighted by molar-refractivity contribution is -0.376. The number of anilines is 1. The van der Waals surface area contributed by atoms with E-state index in [0.717, 1.165) is 31.9 Å². The number of benzene rings is 1. The average molecular weight is 508 g/mol. The molecule has 186 valence electrons. The minimum atomic E-state index is -6.01. The summed E-state index contributed by atoms with van der Waals surface area (Å²) in [5, 5.41) is 11.9. The summed E-state index contributed by atoms with van der Waals surface area (Å²) in [5.41, 5.74) is -6.69. The lowest BCUT2D eigenvalue weighted by Gasteiger charge is -2.33. The van der Waals surface area contributed by atoms with Crippen LogP contribution in [-0.2, 0) is 26.3 Å². The van der Waals surface area contributed by atoms with Gasteiger partial charge >= 0.3 is 12.4 Å². The zero-order chi connectivity index (χ0) is 25.5. The van der Waals surface area contributed by atoms with Crippen molar-refractivity contribution in [3.8, 4) is 0 Å². The molecule has 0 radical (unpaired) electrons. The first kappa shape index (κ1) is 26.0. The maximum absolute atomic E-state index is 13.1. The van der Waals surface area contributed by atoms with Gasteiger partial charge in [0.15, 0.2) is 0 Å². The summed E-state index contributed by atoms with van der Waals surface area (Å²) in [6, 6.07) is 5.30. The molecule has 1 saturated carbocycles. The first-order chi connectivity index (χ1) is 15.5. The average Bonchev–Trinajstić information content (AvgIpc) is 3.49. The predicted octanol–water partition coefficient (Wildman–Crippen LogP) is 4.37. The second-order valence-corrected chi connectivity index (χ2v) is 10.8. The van der Waals surface area contributed by atoms with Crippen LogP contribution in [0.5, 0.6) is 0 Å². The Morgan fingerprint density at radius 1 is 1.15 bits per heavy atom. The van der Waals surface area contributed by atoms with Crippen LogP contribution in [0.25, 0.3) is 0 Å². The van der Waals surface area contributed by atoms with Crippen molar-refractivity contribution in [3.05, 3.63) is 53.3 Å². The van der Waals surface area contributed by atoms with E-state index in [-0.39, 0.29) is 12.1 Å². The Labute approximate surface area is 192 Å². The van der Waals surface area contributed by atoms with Crippen LogP contribution in [0.4, 0.5) is 32.0 Å². The van der Waals surface area contributed by atoms with Crippen LogP contribution >= 0.6 is 0 Å². The quantitative estimate of drug-likeness (QED) is 0.430. The van der Waals surface area contributed by atoms with E-state index < -0.39 is 44.5 Å². The third-order valence-corrected chi connectivity index (χ3v) is 7.60. The van der Waals surface area contributed by atoms with E-state index in [4.69, 9.17) is 0 Å². The molecule has 1 aliphatic rings. The van der Waals surface area contributed by atoms with Crippen LogP contribution in [0.3, 0.4) is 0 Å². The molecule has 1 aromatic carbocycles. The molecule has 1 fully saturated rings. The number of carbonyl (C=O) groups is 1. The summed E-state index contributed by atoms with van der Waals surface area (Å²) in [7, 11) is -2.48. The fraction of sp³-hybridized carbons (Fsp3) is 0.409. The molecule has 1 amide bonds. The molecule has 12 heteroatoms. The van der Waals surface area contributed by atoms with Gasteiger partial charge in [0.25, 0.3) is 5.60 Å². The van der Waals surface area contributed by atoms with Gasteiger partial charge in [0, 0.05) is 33.8 Å². The van der Waals surface area contributed by atoms with Gasteiger partial charge in [0.2, 0.25) is 5.91 Å². The van der Waals surface area contributed by atoms with Gasteiger partial charge in [0.05, 0.1) is 6.42 Å². The Morgan fingerprint density at radius 3 is 2.24 bits per heavy atom. The number of nitrogens with one attached hydrogen (secondary N) is 1. The van der Waals surface area contributed by atoms with Gasteiger partial charge in [0.1, 0.15) is 0 Å². The number of hydrogen-bond acceptors (Lipinski definition) is 4. The molecule has 1 unspecified atom stereocenters. The van der Waals surface area contributed by atoms with Crippen molar-refractivity contribution in [2.24, 2.45) is 5.92 Å². The Kier molecular flexibility index (Phi) is 6.79. The van der Waals surface area contributed by atoms with Crippen molar-refractivity contribution >= 4 is 27.0 Å². The smallest absolute Gasteiger partial charge is 0.369 e. The van der Waals surface area contributed by atoms with Gasteiger partial charge in [-0.05, 0) is 70.9 Å². The molecule has 1 atom stereocenters. The highest BCUT2D eigenvalue weighted by atomic mass is 32.2. The van der Waals surface area contributed by atoms with Gasteiger partial charge in [-0.3, -0.25) is 14.0 Å². The standard InChI is InChI=1S/C22H22F6N2O3S/c1-13-9-16(6-8-18(13)20(32,21(23,24)25)22(26,27)28)30-19(31)10-15-5-7-17(11-29-15)34(2,33)12-14-3-4-14/h5-9,11,14,32H,2-4,10,12H2,1H3,(H,30,31). The Bertz CT molecular complexity index is 1160. The highest BCUT2D eigenvalue weighted by molar-refractivity contribution is 8.00. The van der Waals surface area contributed by atoms with E-state index in [2.05, 4.69) is 16.2 Å². The number of aryl methyl sites for hydroxylation is 1. The summed E-state index contributed by atoms with van der Waals surface area (Å²) in [5.74, 6) is 4.03. The first-order valence-corrected chi connectivity index (χ1v) is 12.0. The Morgan fingerprint density at radius 2 is 1.76 bits per heavy atom. The molecule has 1 aromatic heterocycles. The summed E-state index contributed by atoms with van der Waals surface area (Å²) in [6.45, 7) is 0.964. The monoisotopic (exact) mass is 508 g/mol. The van der Waals surface area contributed by atoms with Crippen molar-refractivity contribution in [2.75, 3.05) is 11.1 Å². The van der Waals surface area contributed by atoms with Crippen LogP contribution in [0, 0.1) is 12.8 Å². The molecule has 1 heterocycles. The molecule has 2 aromatic rings. The minimum absolute atomic E-state index is 0.0558. The SMILES string of the molecule is C=S(=O)(CC1CC1)c1ccc(CC(=O)Nc2ccc(C(O)(C(F)(F)F)C(F)(F)F)c(C)c2)nc1. The highest BCUT2D eigenvalue weighted by Crippen LogP contribution is 2.51. The summed E-state index contributed by atoms with van der Waals surface area (Å²) in [6.07, 6.45) is -8.83. The van der Waals surface area contributed by atoms with E-state index >= 15 is 0 Å². The van der Waals surface area contributed by atoms with Crippen molar-refractivity contribution in [1.82, 2.24) is 4.98 Å². The fourth-order valence-corrected chi connectivity index (χ4v) is 5.33. The molecule has 5 nitrogen and oxygen atoms in total. The normalized spacial score (nSPS) is 16.7. The first-order valence-electron chi connectivity index (χ1n) is 10.1. The fourth-order valence-electron chi connectivity index (χ4n) is 3.48. The molecule has 2 N–H and O–H groups in total. The maximum Gasteiger partial charge on any atom is 0.430 e. The Balaban J connectivity index is 1.71. The summed E-state index contributed by atoms with van der Waals surface area (Å²) < 4.78 is 91.4. The van der Waals surface area contributed by atoms with E-state index in [1.54, 1.807) is 6.07 Å². The third kappa shape index (κ3) is 5.38. The van der Waals surface area contributed by atoms with Gasteiger partial charge < -0.3 is 10.4 Å². The van der Waals surface area contributed by atoms with E-state index in [0.29, 0.717) is 28.3 Å². The van der Waals surface area contributed by atoms with Crippen molar-refractivity contribution in [1.29, 1.82) is 0 Å². The van der Waals surface area contributed by atoms with Crippen molar-refractivity contribution in [3.63, 3.8) is 0 Å². The lowest BCUT2D eigenvalue weighted by Crippen LogP contribution is -2.54. The molecule has 3 rings (SSSR count). The lowest BCUT2D eigenvalue weighted by atomic mass is 9.88. The van der Waals surface area contributed by atoms with Gasteiger partial charge in [-0.15, -0.1) is 0 Å². The number of nitrogens with zero attached hydrogens (tertiary/aromatic N) is 1. The summed E-state index contributed by atoms with van der Waals surface area (Å²) in [4.78, 5) is 16.9. The summed E-state index contributed by atoms with van der Waals surface area (Å²) >= 11 is 0. The largest absolute Gasteiger partial charge is 0.430 e. The van der Waals surface area contributed by atoms with Gasteiger partial charge in [-0.25, -0.2) is 0 Å². The molecule has 0 aliphatic heterocycles. The Hall–Kier alpha value is -2.60. The maximum atomic E-state index is 13.1. The number of aromatic nitrogens is 1. The zero-order valence-electron chi connectivity index (χ0n) is 18.0. The third-order valence-electron chi connectivity index (χ3n) is 5.49. The van der Waals surface area contributed by atoms with Crippen LogP contribution in [0.1, 0.15) is 29.7 Å². The van der Waals surface area contributed by atoms with Crippen LogP contribution < -0.4 is 5.32 Å². The molecule has 0 bridgehead atoms. The second kappa shape index (κ2) is 8.88. The van der Waals surface area contributed by atoms with E-state index in [1.165, 1.54) is 12.3 Å². The molecule has 0 spiro atoms. The number of pyridine rings is 1. The predicted molar refractivity (Wildman–Crippen MR) is 115 cm³/mol. The molecule has 0 saturated heterocycles. The topological polar surface area (TPSA) is 79.3 Å². The zero-order valence-corrected chi connectivity index (χ0v) is 18.8. The molecule has 34 heavy (non-hydrogen) atoms. The van der Waals surface area contributed by atoms with Gasteiger partial charge in [-0.1, -0.05) is 6.07 Å². The number of hydrogen-bond donors (Lipinski definition) is 2. The van der Waals surface area contributed by atoms with Crippen molar-refractivity contribution < 1.29 is 40.5 Å². The molecular formula is C22H22F6N2O3S. The number of aliphatic hydroxyl groups is 1.